The molecule has 0 saturated carbocycles. The third-order valence-corrected chi connectivity index (χ3v) is 6.19. The molecular weight excluding hydrogens is 341 g/mol. The maximum Gasteiger partial charge on any atom is 0.153 e. The maximum absolute atomic E-state index is 12.7. The third-order valence-electron chi connectivity index (χ3n) is 5.37. The summed E-state index contributed by atoms with van der Waals surface area (Å²) < 4.78 is 0. The van der Waals surface area contributed by atoms with E-state index in [1.54, 1.807) is 6.07 Å². The molecule has 2 aromatic carbocycles. The Morgan fingerprint density at radius 1 is 0.958 bits per heavy atom. The lowest BCUT2D eigenvalue weighted by molar-refractivity contribution is -0.136. The van der Waals surface area contributed by atoms with Crippen molar-refractivity contribution >= 4 is 29.0 Å². The molecule has 0 amide bonds. The molecule has 2 bridgehead atoms. The average Bonchev–Trinajstić information content (AvgIpc) is 2.61. The van der Waals surface area contributed by atoms with Gasteiger partial charge in [0.1, 0.15) is 0 Å². The Morgan fingerprint density at radius 3 is 2.42 bits per heavy atom. The lowest BCUT2D eigenvalue weighted by Gasteiger charge is -2.44. The van der Waals surface area contributed by atoms with Crippen molar-refractivity contribution in [3.05, 3.63) is 58.1 Å². The molecule has 0 spiro atoms. The number of rotatable bonds is 3. The van der Waals surface area contributed by atoms with Gasteiger partial charge in [-0.05, 0) is 49.5 Å². The number of nitrogens with zero attached hydrogens (tertiary/aromatic N) is 1. The van der Waals surface area contributed by atoms with Gasteiger partial charge in [0.2, 0.25) is 0 Å². The fourth-order valence-corrected chi connectivity index (χ4v) is 4.46. The number of fused-ring (bicyclic) bond motifs is 3. The summed E-state index contributed by atoms with van der Waals surface area (Å²) >= 11 is 12.6. The lowest BCUT2D eigenvalue weighted by Crippen LogP contribution is -2.56. The molecule has 4 heteroatoms. The second kappa shape index (κ2) is 6.51. The Kier molecular flexibility index (Phi) is 4.38. The fraction of sp³-hybridized carbons (Fsp3) is 0.350. The van der Waals surface area contributed by atoms with Gasteiger partial charge in [-0.15, -0.1) is 0 Å². The van der Waals surface area contributed by atoms with Crippen LogP contribution in [0.25, 0.3) is 11.1 Å². The van der Waals surface area contributed by atoms with E-state index in [2.05, 4.69) is 17.0 Å². The van der Waals surface area contributed by atoms with Gasteiger partial charge in [-0.1, -0.05) is 59.6 Å². The Morgan fingerprint density at radius 2 is 1.67 bits per heavy atom. The molecule has 0 N–H and O–H groups in total. The highest BCUT2D eigenvalue weighted by Crippen LogP contribution is 2.37. The number of ketones is 1. The molecule has 124 valence electrons. The summed E-state index contributed by atoms with van der Waals surface area (Å²) in [6.07, 6.45) is 2.79. The van der Waals surface area contributed by atoms with Gasteiger partial charge in [0.25, 0.3) is 0 Å². The molecule has 3 aliphatic rings. The first kappa shape index (κ1) is 16.1. The summed E-state index contributed by atoms with van der Waals surface area (Å²) in [5.41, 5.74) is 3.16. The summed E-state index contributed by atoms with van der Waals surface area (Å²) in [5, 5.41) is 1.13. The minimum atomic E-state index is 0.0107. The number of Topliss-reactive ketones (excluding diaryl/α,β-unsaturated/α-hetero) is 1. The molecule has 3 heterocycles. The number of benzene rings is 2. The van der Waals surface area contributed by atoms with Crippen LogP contribution >= 0.6 is 23.2 Å². The van der Waals surface area contributed by atoms with E-state index >= 15 is 0 Å². The first-order chi connectivity index (χ1) is 11.6. The average molecular weight is 360 g/mol. The molecule has 1 unspecified atom stereocenters. The van der Waals surface area contributed by atoms with E-state index in [-0.39, 0.29) is 12.0 Å². The zero-order valence-electron chi connectivity index (χ0n) is 13.3. The first-order valence-corrected chi connectivity index (χ1v) is 9.21. The van der Waals surface area contributed by atoms with E-state index in [1.807, 2.05) is 24.3 Å². The summed E-state index contributed by atoms with van der Waals surface area (Å²) in [7, 11) is 0. The van der Waals surface area contributed by atoms with Crippen LogP contribution in [0.2, 0.25) is 10.0 Å². The van der Waals surface area contributed by atoms with Crippen molar-refractivity contribution in [3.8, 4) is 11.1 Å². The normalized spacial score (nSPS) is 25.9. The zero-order chi connectivity index (χ0) is 16.7. The molecule has 1 atom stereocenters. The largest absolute Gasteiger partial charge is 0.298 e. The van der Waals surface area contributed by atoms with Crippen LogP contribution in [0.15, 0.2) is 42.5 Å². The highest BCUT2D eigenvalue weighted by Gasteiger charge is 2.40. The molecule has 2 nitrogen and oxygen atoms in total. The minimum Gasteiger partial charge on any atom is -0.298 e. The number of hydrogen-bond acceptors (Lipinski definition) is 2. The first-order valence-electron chi connectivity index (χ1n) is 8.45. The molecule has 2 aromatic rings. The Balaban J connectivity index is 1.70. The topological polar surface area (TPSA) is 20.3 Å². The fourth-order valence-electron chi connectivity index (χ4n) is 4.06. The van der Waals surface area contributed by atoms with E-state index in [1.165, 1.54) is 0 Å². The lowest BCUT2D eigenvalue weighted by atomic mass is 9.79. The number of carbonyl (C=O) groups excluding carboxylic acids is 1. The van der Waals surface area contributed by atoms with Crippen molar-refractivity contribution in [1.82, 2.24) is 4.90 Å². The van der Waals surface area contributed by atoms with Crippen molar-refractivity contribution in [2.75, 3.05) is 13.1 Å². The van der Waals surface area contributed by atoms with Gasteiger partial charge < -0.3 is 0 Å². The van der Waals surface area contributed by atoms with Gasteiger partial charge in [0.15, 0.2) is 5.78 Å². The number of halogens is 2. The Hall–Kier alpha value is -1.35. The van der Waals surface area contributed by atoms with Crippen molar-refractivity contribution in [3.63, 3.8) is 0 Å². The molecule has 0 aromatic heterocycles. The van der Waals surface area contributed by atoms with Crippen LogP contribution in [0, 0.1) is 5.92 Å². The van der Waals surface area contributed by atoms with Crippen molar-refractivity contribution in [2.24, 2.45) is 5.92 Å². The van der Waals surface area contributed by atoms with E-state index in [0.29, 0.717) is 15.8 Å². The molecule has 3 fully saturated rings. The van der Waals surface area contributed by atoms with Crippen molar-refractivity contribution < 1.29 is 4.79 Å². The minimum absolute atomic E-state index is 0.0107. The van der Waals surface area contributed by atoms with Gasteiger partial charge >= 0.3 is 0 Å². The van der Waals surface area contributed by atoms with Crippen molar-refractivity contribution in [1.29, 1.82) is 0 Å². The van der Waals surface area contributed by atoms with Gasteiger partial charge in [-0.25, -0.2) is 0 Å². The van der Waals surface area contributed by atoms with Gasteiger partial charge in [-0.3, -0.25) is 9.69 Å². The summed E-state index contributed by atoms with van der Waals surface area (Å²) in [4.78, 5) is 15.0. The Bertz CT molecular complexity index is 781. The highest BCUT2D eigenvalue weighted by molar-refractivity contribution is 6.43. The second-order valence-electron chi connectivity index (χ2n) is 6.69. The monoisotopic (exact) mass is 359 g/mol. The standard InChI is InChI=1S/C20H19Cl2NO/c21-17-7-3-6-16(19(17)22)15-5-2-1-4-14(15)12-18-20(24)13-8-10-23(18)11-9-13/h1-7,13,18H,8-12H2. The molecule has 24 heavy (non-hydrogen) atoms. The van der Waals surface area contributed by atoms with E-state index in [0.717, 1.165) is 49.0 Å². The van der Waals surface area contributed by atoms with E-state index in [4.69, 9.17) is 23.2 Å². The molecule has 3 saturated heterocycles. The number of hydrogen-bond donors (Lipinski definition) is 0. The second-order valence-corrected chi connectivity index (χ2v) is 7.48. The van der Waals surface area contributed by atoms with Crippen LogP contribution in [0.5, 0.6) is 0 Å². The predicted octanol–water partition coefficient (Wildman–Crippen LogP) is 4.87. The predicted molar refractivity (Wildman–Crippen MR) is 98.7 cm³/mol. The van der Waals surface area contributed by atoms with Crippen LogP contribution in [-0.4, -0.2) is 29.8 Å². The third kappa shape index (κ3) is 2.77. The van der Waals surface area contributed by atoms with E-state index in [9.17, 15) is 4.79 Å². The summed E-state index contributed by atoms with van der Waals surface area (Å²) in [5.74, 6) is 0.682. The molecule has 0 radical (unpaired) electrons. The quantitative estimate of drug-likeness (QED) is 0.779. The SMILES string of the molecule is O=C1C2CCN(CC2)C1Cc1ccccc1-c1cccc(Cl)c1Cl. The molecule has 0 aliphatic carbocycles. The van der Waals surface area contributed by atoms with Crippen molar-refractivity contribution in [2.45, 2.75) is 25.3 Å². The summed E-state index contributed by atoms with van der Waals surface area (Å²) in [6, 6.07) is 13.9. The summed E-state index contributed by atoms with van der Waals surface area (Å²) in [6.45, 7) is 2.09. The molecule has 3 aliphatic heterocycles. The molecular formula is C20H19Cl2NO. The van der Waals surface area contributed by atoms with Gasteiger partial charge in [-0.2, -0.15) is 0 Å². The zero-order valence-corrected chi connectivity index (χ0v) is 14.9. The van der Waals surface area contributed by atoms with E-state index < -0.39 is 0 Å². The molecule has 5 rings (SSSR count). The number of carbonyl (C=O) groups is 1. The van der Waals surface area contributed by atoms with Crippen LogP contribution in [0.1, 0.15) is 18.4 Å². The van der Waals surface area contributed by atoms with Gasteiger partial charge in [0.05, 0.1) is 16.1 Å². The highest BCUT2D eigenvalue weighted by atomic mass is 35.5. The Labute approximate surface area is 152 Å². The number of piperidine rings is 3. The smallest absolute Gasteiger partial charge is 0.153 e. The van der Waals surface area contributed by atoms with Crippen LogP contribution in [-0.2, 0) is 11.2 Å². The maximum atomic E-state index is 12.7. The van der Waals surface area contributed by atoms with Crippen LogP contribution in [0.4, 0.5) is 0 Å². The van der Waals surface area contributed by atoms with Crippen LogP contribution in [0.3, 0.4) is 0 Å². The van der Waals surface area contributed by atoms with Gasteiger partial charge in [0, 0.05) is 11.5 Å². The van der Waals surface area contributed by atoms with Crippen LogP contribution < -0.4 is 0 Å².